The van der Waals surface area contributed by atoms with Gasteiger partial charge < -0.3 is 23.2 Å². The summed E-state index contributed by atoms with van der Waals surface area (Å²) in [6, 6.07) is 9.10. The molecule has 1 aliphatic rings. The van der Waals surface area contributed by atoms with Crippen LogP contribution in [0, 0.1) is 0 Å². The van der Waals surface area contributed by atoms with Crippen molar-refractivity contribution in [2.24, 2.45) is 0 Å². The van der Waals surface area contributed by atoms with Gasteiger partial charge in [-0.2, -0.15) is 0 Å². The van der Waals surface area contributed by atoms with E-state index in [2.05, 4.69) is 4.98 Å². The van der Waals surface area contributed by atoms with Gasteiger partial charge in [-0.05, 0) is 25.1 Å². The van der Waals surface area contributed by atoms with E-state index in [4.69, 9.17) is 18.3 Å². The lowest BCUT2D eigenvalue weighted by molar-refractivity contribution is 0.0746. The average Bonchev–Trinajstić information content (AvgIpc) is 3.39. The molecule has 2 aromatic heterocycles. The van der Waals surface area contributed by atoms with Crippen LogP contribution in [0.15, 0.2) is 51.8 Å². The standard InChI is InChI=1S/C18H16N2O5/c1-2-20(9-12-5-3-6-13-16(12)25-11-24-13)18(21)15-17(23-10-19-15)14-7-4-8-22-14/h3-8,10H,2,9,11H2,1H3. The molecular formula is C18H16N2O5. The highest BCUT2D eigenvalue weighted by Gasteiger charge is 2.26. The largest absolute Gasteiger partial charge is 0.461 e. The number of carbonyl (C=O) groups is 1. The zero-order valence-corrected chi connectivity index (χ0v) is 13.6. The van der Waals surface area contributed by atoms with E-state index in [-0.39, 0.29) is 18.4 Å². The summed E-state index contributed by atoms with van der Waals surface area (Å²) < 4.78 is 21.6. The highest BCUT2D eigenvalue weighted by molar-refractivity contribution is 5.97. The number of para-hydroxylation sites is 1. The predicted octanol–water partition coefficient (Wildman–Crippen LogP) is 3.33. The molecule has 25 heavy (non-hydrogen) atoms. The Morgan fingerprint density at radius 1 is 1.20 bits per heavy atom. The van der Waals surface area contributed by atoms with Crippen LogP contribution in [0.1, 0.15) is 23.0 Å². The fraction of sp³-hybridized carbons (Fsp3) is 0.222. The first-order valence-corrected chi connectivity index (χ1v) is 7.92. The van der Waals surface area contributed by atoms with E-state index in [1.54, 1.807) is 17.0 Å². The Morgan fingerprint density at radius 3 is 2.92 bits per heavy atom. The van der Waals surface area contributed by atoms with Crippen LogP contribution in [0.25, 0.3) is 11.5 Å². The minimum atomic E-state index is -0.237. The van der Waals surface area contributed by atoms with Crippen molar-refractivity contribution < 1.29 is 23.1 Å². The van der Waals surface area contributed by atoms with Crippen molar-refractivity contribution in [1.29, 1.82) is 0 Å². The van der Waals surface area contributed by atoms with Crippen LogP contribution in [-0.4, -0.2) is 29.1 Å². The number of amides is 1. The van der Waals surface area contributed by atoms with Gasteiger partial charge in [0.1, 0.15) is 0 Å². The minimum absolute atomic E-state index is 0.193. The van der Waals surface area contributed by atoms with Gasteiger partial charge in [-0.3, -0.25) is 4.79 Å². The molecule has 0 saturated heterocycles. The Morgan fingerprint density at radius 2 is 2.12 bits per heavy atom. The summed E-state index contributed by atoms with van der Waals surface area (Å²) in [6.45, 7) is 2.99. The van der Waals surface area contributed by atoms with Gasteiger partial charge in [0.2, 0.25) is 12.6 Å². The molecule has 0 saturated carbocycles. The summed E-state index contributed by atoms with van der Waals surface area (Å²) in [5, 5.41) is 0. The number of hydrogen-bond acceptors (Lipinski definition) is 6. The third kappa shape index (κ3) is 2.73. The molecular weight excluding hydrogens is 324 g/mol. The molecule has 0 aliphatic carbocycles. The summed E-state index contributed by atoms with van der Waals surface area (Å²) in [4.78, 5) is 18.7. The predicted molar refractivity (Wildman–Crippen MR) is 87.2 cm³/mol. The van der Waals surface area contributed by atoms with Crippen LogP contribution >= 0.6 is 0 Å². The van der Waals surface area contributed by atoms with Gasteiger partial charge in [-0.25, -0.2) is 4.98 Å². The molecule has 0 atom stereocenters. The van der Waals surface area contributed by atoms with E-state index in [0.29, 0.717) is 36.1 Å². The summed E-state index contributed by atoms with van der Waals surface area (Å²) in [5.41, 5.74) is 1.11. The van der Waals surface area contributed by atoms with Gasteiger partial charge in [0.25, 0.3) is 5.91 Å². The maximum atomic E-state index is 12.9. The SMILES string of the molecule is CCN(Cc1cccc2c1OCO2)C(=O)c1ncoc1-c1ccco1. The highest BCUT2D eigenvalue weighted by atomic mass is 16.7. The van der Waals surface area contributed by atoms with Crippen molar-refractivity contribution in [1.82, 2.24) is 9.88 Å². The fourth-order valence-corrected chi connectivity index (χ4v) is 2.78. The van der Waals surface area contributed by atoms with Gasteiger partial charge in [0.05, 0.1) is 6.26 Å². The molecule has 7 heteroatoms. The zero-order valence-electron chi connectivity index (χ0n) is 13.6. The van der Waals surface area contributed by atoms with E-state index in [1.165, 1.54) is 12.7 Å². The lowest BCUT2D eigenvalue weighted by Crippen LogP contribution is -2.31. The topological polar surface area (TPSA) is 77.9 Å². The second-order valence-corrected chi connectivity index (χ2v) is 5.48. The maximum Gasteiger partial charge on any atom is 0.276 e. The normalized spacial score (nSPS) is 12.4. The van der Waals surface area contributed by atoms with Crippen molar-refractivity contribution in [2.75, 3.05) is 13.3 Å². The van der Waals surface area contributed by atoms with E-state index in [1.807, 2.05) is 25.1 Å². The van der Waals surface area contributed by atoms with E-state index in [9.17, 15) is 4.79 Å². The van der Waals surface area contributed by atoms with E-state index in [0.717, 1.165) is 5.56 Å². The summed E-state index contributed by atoms with van der Waals surface area (Å²) >= 11 is 0. The van der Waals surface area contributed by atoms with Crippen molar-refractivity contribution in [3.05, 3.63) is 54.2 Å². The van der Waals surface area contributed by atoms with Crippen LogP contribution in [0.4, 0.5) is 0 Å². The molecule has 0 bridgehead atoms. The Kier molecular flexibility index (Phi) is 3.89. The molecule has 3 heterocycles. The van der Waals surface area contributed by atoms with Gasteiger partial charge in [0, 0.05) is 18.7 Å². The first kappa shape index (κ1) is 15.3. The smallest absolute Gasteiger partial charge is 0.276 e. The van der Waals surface area contributed by atoms with Crippen molar-refractivity contribution in [2.45, 2.75) is 13.5 Å². The molecule has 4 rings (SSSR count). The van der Waals surface area contributed by atoms with Gasteiger partial charge >= 0.3 is 0 Å². The summed E-state index contributed by atoms with van der Waals surface area (Å²) in [7, 11) is 0. The van der Waals surface area contributed by atoms with Crippen LogP contribution in [-0.2, 0) is 6.54 Å². The van der Waals surface area contributed by atoms with E-state index < -0.39 is 0 Å². The van der Waals surface area contributed by atoms with Crippen molar-refractivity contribution in [3.8, 4) is 23.0 Å². The number of ether oxygens (including phenoxy) is 2. The van der Waals surface area contributed by atoms with E-state index >= 15 is 0 Å². The Hall–Kier alpha value is -3.22. The van der Waals surface area contributed by atoms with Crippen LogP contribution in [0.5, 0.6) is 11.5 Å². The molecule has 1 amide bonds. The van der Waals surface area contributed by atoms with Crippen molar-refractivity contribution in [3.63, 3.8) is 0 Å². The lowest BCUT2D eigenvalue weighted by Gasteiger charge is -2.20. The first-order chi connectivity index (χ1) is 12.3. The zero-order chi connectivity index (χ0) is 17.2. The fourth-order valence-electron chi connectivity index (χ4n) is 2.78. The summed E-state index contributed by atoms with van der Waals surface area (Å²) in [6.07, 6.45) is 2.77. The second-order valence-electron chi connectivity index (χ2n) is 5.48. The summed E-state index contributed by atoms with van der Waals surface area (Å²) in [5.74, 6) is 1.93. The third-order valence-corrected chi connectivity index (χ3v) is 4.02. The molecule has 0 spiro atoms. The quantitative estimate of drug-likeness (QED) is 0.709. The monoisotopic (exact) mass is 340 g/mol. The number of hydrogen-bond donors (Lipinski definition) is 0. The molecule has 1 aromatic carbocycles. The first-order valence-electron chi connectivity index (χ1n) is 7.92. The third-order valence-electron chi connectivity index (χ3n) is 4.02. The van der Waals surface area contributed by atoms with Crippen LogP contribution < -0.4 is 9.47 Å². The molecule has 128 valence electrons. The number of fused-ring (bicyclic) bond motifs is 1. The van der Waals surface area contributed by atoms with Gasteiger partial charge in [-0.15, -0.1) is 0 Å². The van der Waals surface area contributed by atoms with Gasteiger partial charge in [-0.1, -0.05) is 12.1 Å². The highest BCUT2D eigenvalue weighted by Crippen LogP contribution is 2.36. The van der Waals surface area contributed by atoms with Gasteiger partial charge in [0.15, 0.2) is 29.3 Å². The molecule has 0 fully saturated rings. The number of aromatic nitrogens is 1. The number of rotatable bonds is 5. The van der Waals surface area contributed by atoms with Crippen LogP contribution in [0.3, 0.4) is 0 Å². The molecule has 1 aliphatic heterocycles. The number of benzene rings is 1. The minimum Gasteiger partial charge on any atom is -0.461 e. The number of oxazole rings is 1. The number of nitrogens with zero attached hydrogens (tertiary/aromatic N) is 2. The van der Waals surface area contributed by atoms with Crippen molar-refractivity contribution >= 4 is 5.91 Å². The molecule has 7 nitrogen and oxygen atoms in total. The maximum absolute atomic E-state index is 12.9. The molecule has 0 unspecified atom stereocenters. The molecule has 0 radical (unpaired) electrons. The van der Waals surface area contributed by atoms with Crippen LogP contribution in [0.2, 0.25) is 0 Å². The Bertz CT molecular complexity index is 885. The lowest BCUT2D eigenvalue weighted by atomic mass is 10.1. The Balaban J connectivity index is 1.61. The molecule has 0 N–H and O–H groups in total. The number of furan rings is 1. The second kappa shape index (κ2) is 6.35. The molecule has 3 aromatic rings. The Labute approximate surface area is 143 Å². The number of carbonyl (C=O) groups excluding carboxylic acids is 1. The average molecular weight is 340 g/mol.